The average Bonchev–Trinajstić information content (AvgIpc) is 3.50. The first kappa shape index (κ1) is 26.7. The van der Waals surface area contributed by atoms with Gasteiger partial charge in [-0.15, -0.1) is 0 Å². The van der Waals surface area contributed by atoms with Gasteiger partial charge < -0.3 is 19.1 Å². The molecule has 0 amide bonds. The van der Waals surface area contributed by atoms with Gasteiger partial charge in [0, 0.05) is 28.3 Å². The molecule has 7 nitrogen and oxygen atoms in total. The normalized spacial score (nSPS) is 20.9. The Morgan fingerprint density at radius 3 is 2.14 bits per heavy atom. The maximum atomic E-state index is 14.9. The van der Waals surface area contributed by atoms with Gasteiger partial charge in [0.1, 0.15) is 17.2 Å². The molecule has 4 aromatic carbocycles. The van der Waals surface area contributed by atoms with Gasteiger partial charge in [-0.1, -0.05) is 72.8 Å². The maximum Gasteiger partial charge on any atom is 0.186 e. The summed E-state index contributed by atoms with van der Waals surface area (Å²) in [7, 11) is 4.64. The number of hydrogen-bond acceptors (Lipinski definition) is 7. The molecule has 1 spiro atoms. The molecular weight excluding hydrogens is 542 g/mol. The molecular formula is C36H29NO6. The van der Waals surface area contributed by atoms with Gasteiger partial charge in [-0.3, -0.25) is 14.4 Å². The Hall–Kier alpha value is -5.17. The summed E-state index contributed by atoms with van der Waals surface area (Å²) in [5.41, 5.74) is 1.89. The van der Waals surface area contributed by atoms with E-state index in [0.29, 0.717) is 39.5 Å². The molecule has 7 heteroatoms. The van der Waals surface area contributed by atoms with Crippen LogP contribution in [0.5, 0.6) is 17.2 Å². The molecule has 0 N–H and O–H groups in total. The first-order chi connectivity index (χ1) is 20.9. The van der Waals surface area contributed by atoms with Crippen LogP contribution in [0.2, 0.25) is 0 Å². The van der Waals surface area contributed by atoms with E-state index in [9.17, 15) is 14.4 Å². The van der Waals surface area contributed by atoms with E-state index in [2.05, 4.69) is 0 Å². The van der Waals surface area contributed by atoms with Crippen LogP contribution in [0.4, 0.5) is 5.69 Å². The number of carbonyl (C=O) groups is 3. The SMILES string of the molecule is COc1cccc(C(=O)[C@@H]2[C@@H](c3ccc(OC)c(OC)c3)C3(C(=O)c4ccccc4C3=O)[C@H]3C=Cc4ccccc4N23)c1. The number of nitrogens with zero attached hydrogens (tertiary/aromatic N) is 1. The predicted octanol–water partition coefficient (Wildman–Crippen LogP) is 6.03. The lowest BCUT2D eigenvalue weighted by atomic mass is 9.64. The van der Waals surface area contributed by atoms with Crippen LogP contribution in [-0.4, -0.2) is 50.8 Å². The minimum Gasteiger partial charge on any atom is -0.497 e. The highest BCUT2D eigenvalue weighted by molar-refractivity contribution is 6.32. The molecule has 3 aliphatic rings. The molecule has 2 aliphatic heterocycles. The fourth-order valence-electron chi connectivity index (χ4n) is 7.28. The summed E-state index contributed by atoms with van der Waals surface area (Å²) >= 11 is 0. The van der Waals surface area contributed by atoms with Crippen LogP contribution in [0.15, 0.2) is 97.1 Å². The summed E-state index contributed by atoms with van der Waals surface area (Å²) in [6, 6.07) is 25.4. The first-order valence-corrected chi connectivity index (χ1v) is 14.1. The summed E-state index contributed by atoms with van der Waals surface area (Å²) in [5, 5.41) is 0. The summed E-state index contributed by atoms with van der Waals surface area (Å²) in [6.07, 6.45) is 3.86. The van der Waals surface area contributed by atoms with Crippen molar-refractivity contribution in [1.82, 2.24) is 0 Å². The van der Waals surface area contributed by atoms with Crippen LogP contribution in [0, 0.1) is 5.41 Å². The van der Waals surface area contributed by atoms with Crippen molar-refractivity contribution < 1.29 is 28.6 Å². The van der Waals surface area contributed by atoms with Crippen molar-refractivity contribution in [3.63, 3.8) is 0 Å². The quantitative estimate of drug-likeness (QED) is 0.207. The van der Waals surface area contributed by atoms with Gasteiger partial charge in [-0.05, 0) is 41.5 Å². The van der Waals surface area contributed by atoms with E-state index >= 15 is 0 Å². The number of methoxy groups -OCH3 is 3. The molecule has 1 saturated heterocycles. The fraction of sp³-hybridized carbons (Fsp3) is 0.194. The molecule has 4 aromatic rings. The van der Waals surface area contributed by atoms with E-state index in [1.54, 1.807) is 74.9 Å². The number of ether oxygens (including phenoxy) is 3. The summed E-state index contributed by atoms with van der Waals surface area (Å²) in [6.45, 7) is 0. The summed E-state index contributed by atoms with van der Waals surface area (Å²) < 4.78 is 16.6. The van der Waals surface area contributed by atoms with E-state index in [1.807, 2.05) is 47.4 Å². The van der Waals surface area contributed by atoms with E-state index in [1.165, 1.54) is 7.11 Å². The van der Waals surface area contributed by atoms with Crippen molar-refractivity contribution in [2.24, 2.45) is 5.41 Å². The first-order valence-electron chi connectivity index (χ1n) is 14.1. The third kappa shape index (κ3) is 3.64. The van der Waals surface area contributed by atoms with Crippen molar-refractivity contribution >= 4 is 29.1 Å². The molecule has 0 aromatic heterocycles. The maximum absolute atomic E-state index is 14.9. The van der Waals surface area contributed by atoms with Crippen molar-refractivity contribution in [2.45, 2.75) is 18.0 Å². The van der Waals surface area contributed by atoms with Crippen LogP contribution < -0.4 is 19.1 Å². The fourth-order valence-corrected chi connectivity index (χ4v) is 7.28. The van der Waals surface area contributed by atoms with Crippen LogP contribution in [-0.2, 0) is 0 Å². The van der Waals surface area contributed by atoms with Crippen molar-refractivity contribution in [3.8, 4) is 17.2 Å². The number of Topliss-reactive ketones (excluding diaryl/α,β-unsaturated/α-hetero) is 3. The summed E-state index contributed by atoms with van der Waals surface area (Å²) in [5.74, 6) is -0.164. The van der Waals surface area contributed by atoms with E-state index in [0.717, 1.165) is 11.3 Å². The van der Waals surface area contributed by atoms with E-state index in [4.69, 9.17) is 14.2 Å². The van der Waals surface area contributed by atoms with E-state index < -0.39 is 23.4 Å². The molecule has 7 rings (SSSR count). The highest BCUT2D eigenvalue weighted by Gasteiger charge is 2.71. The molecule has 2 heterocycles. The van der Waals surface area contributed by atoms with Gasteiger partial charge in [0.05, 0.1) is 27.4 Å². The lowest BCUT2D eigenvalue weighted by Gasteiger charge is -2.37. The monoisotopic (exact) mass is 571 g/mol. The third-order valence-electron chi connectivity index (χ3n) is 9.10. The molecule has 3 atom stereocenters. The molecule has 0 radical (unpaired) electrons. The molecule has 43 heavy (non-hydrogen) atoms. The zero-order valence-electron chi connectivity index (χ0n) is 23.9. The third-order valence-corrected chi connectivity index (χ3v) is 9.10. The number of ketones is 3. The highest BCUT2D eigenvalue weighted by atomic mass is 16.5. The van der Waals surface area contributed by atoms with Crippen molar-refractivity contribution in [1.29, 1.82) is 0 Å². The number of para-hydroxylation sites is 1. The van der Waals surface area contributed by atoms with Crippen LogP contribution >= 0.6 is 0 Å². The Labute approximate surface area is 249 Å². The van der Waals surface area contributed by atoms with Gasteiger partial charge in [0.25, 0.3) is 0 Å². The number of anilines is 1. The highest BCUT2D eigenvalue weighted by Crippen LogP contribution is 2.61. The van der Waals surface area contributed by atoms with Gasteiger partial charge in [0.2, 0.25) is 0 Å². The van der Waals surface area contributed by atoms with Crippen LogP contribution in [0.3, 0.4) is 0 Å². The number of rotatable bonds is 6. The number of benzene rings is 4. The van der Waals surface area contributed by atoms with Gasteiger partial charge in [0.15, 0.2) is 28.8 Å². The average molecular weight is 572 g/mol. The predicted molar refractivity (Wildman–Crippen MR) is 163 cm³/mol. The molecule has 0 bridgehead atoms. The van der Waals surface area contributed by atoms with Gasteiger partial charge >= 0.3 is 0 Å². The Bertz CT molecular complexity index is 1810. The molecule has 0 saturated carbocycles. The van der Waals surface area contributed by atoms with Crippen LogP contribution in [0.1, 0.15) is 48.1 Å². The standard InChI is InChI=1S/C36H29NO6/c1-41-24-11-8-10-23(19-24)33(38)32-31(22-15-17-28(42-2)29(20-22)43-3)36(34(39)25-12-5-6-13-26(25)35(36)40)30-18-16-21-9-4-7-14-27(21)37(30)32/h4-20,30-32H,1-3H3/t30-,31-,32+/m1/s1. The Kier molecular flexibility index (Phi) is 6.20. The smallest absolute Gasteiger partial charge is 0.186 e. The molecule has 214 valence electrons. The van der Waals surface area contributed by atoms with Crippen LogP contribution in [0.25, 0.3) is 6.08 Å². The van der Waals surface area contributed by atoms with Crippen molar-refractivity contribution in [2.75, 3.05) is 26.2 Å². The summed E-state index contributed by atoms with van der Waals surface area (Å²) in [4.78, 5) is 46.4. The Balaban J connectivity index is 1.55. The molecule has 0 unspecified atom stereocenters. The topological polar surface area (TPSA) is 82.1 Å². The minimum absolute atomic E-state index is 0.220. The zero-order valence-corrected chi connectivity index (χ0v) is 23.9. The molecule has 1 fully saturated rings. The Morgan fingerprint density at radius 2 is 1.44 bits per heavy atom. The van der Waals surface area contributed by atoms with Crippen molar-refractivity contribution in [3.05, 3.63) is 125 Å². The van der Waals surface area contributed by atoms with Gasteiger partial charge in [-0.25, -0.2) is 0 Å². The van der Waals surface area contributed by atoms with E-state index in [-0.39, 0.29) is 17.3 Å². The number of fused-ring (bicyclic) bond motifs is 5. The zero-order chi connectivity index (χ0) is 29.9. The largest absolute Gasteiger partial charge is 0.497 e. The lowest BCUT2D eigenvalue weighted by Crippen LogP contribution is -2.48. The lowest BCUT2D eigenvalue weighted by molar-refractivity contribution is 0.0665. The minimum atomic E-state index is -1.60. The Morgan fingerprint density at radius 1 is 0.744 bits per heavy atom. The number of carbonyl (C=O) groups excluding carboxylic acids is 3. The second kappa shape index (κ2) is 9.98. The second-order valence-corrected chi connectivity index (χ2v) is 11.0. The second-order valence-electron chi connectivity index (χ2n) is 11.0. The molecule has 1 aliphatic carbocycles. The number of hydrogen-bond donors (Lipinski definition) is 0. The van der Waals surface area contributed by atoms with Gasteiger partial charge in [-0.2, -0.15) is 0 Å².